The second kappa shape index (κ2) is 4.79. The van der Waals surface area contributed by atoms with Gasteiger partial charge in [-0.25, -0.2) is 4.68 Å². The van der Waals surface area contributed by atoms with Crippen molar-refractivity contribution in [1.29, 1.82) is 0 Å². The van der Waals surface area contributed by atoms with Gasteiger partial charge in [0, 0.05) is 7.11 Å². The SMILES string of the molecule is CCC(C)n1[nH]c(COC)c(Br)c1=O. The van der Waals surface area contributed by atoms with Crippen LogP contribution in [0, 0.1) is 0 Å². The van der Waals surface area contributed by atoms with Crippen LogP contribution in [0.4, 0.5) is 0 Å². The Morgan fingerprint density at radius 1 is 1.64 bits per heavy atom. The van der Waals surface area contributed by atoms with Crippen molar-refractivity contribution in [3.8, 4) is 0 Å². The molecule has 0 saturated carbocycles. The number of ether oxygens (including phenoxy) is 1. The first kappa shape index (κ1) is 11.5. The first-order valence-corrected chi connectivity index (χ1v) is 5.38. The number of H-pyrrole nitrogens is 1. The summed E-state index contributed by atoms with van der Waals surface area (Å²) in [6.45, 7) is 4.46. The number of halogens is 1. The monoisotopic (exact) mass is 262 g/mol. The molecule has 0 aliphatic rings. The van der Waals surface area contributed by atoms with Crippen molar-refractivity contribution in [1.82, 2.24) is 9.78 Å². The minimum Gasteiger partial charge on any atom is -0.378 e. The van der Waals surface area contributed by atoms with E-state index in [1.807, 2.05) is 13.8 Å². The maximum absolute atomic E-state index is 11.7. The molecular formula is C9H15BrN2O2. The summed E-state index contributed by atoms with van der Waals surface area (Å²) in [6.07, 6.45) is 0.916. The van der Waals surface area contributed by atoms with Gasteiger partial charge in [-0.15, -0.1) is 0 Å². The molecular weight excluding hydrogens is 248 g/mol. The van der Waals surface area contributed by atoms with Crippen LogP contribution in [0.25, 0.3) is 0 Å². The highest BCUT2D eigenvalue weighted by atomic mass is 79.9. The van der Waals surface area contributed by atoms with Gasteiger partial charge >= 0.3 is 0 Å². The van der Waals surface area contributed by atoms with Gasteiger partial charge in [-0.2, -0.15) is 0 Å². The molecule has 1 aromatic heterocycles. The van der Waals surface area contributed by atoms with E-state index < -0.39 is 0 Å². The standard InChI is InChI=1S/C9H15BrN2O2/c1-4-6(2)12-9(13)8(10)7(11-12)5-14-3/h6,11H,4-5H2,1-3H3. The highest BCUT2D eigenvalue weighted by Gasteiger charge is 2.14. The fourth-order valence-electron chi connectivity index (χ4n) is 1.21. The second-order valence-corrected chi connectivity index (χ2v) is 4.06. The molecule has 1 rings (SSSR count). The smallest absolute Gasteiger partial charge is 0.281 e. The van der Waals surface area contributed by atoms with Crippen LogP contribution < -0.4 is 5.56 Å². The van der Waals surface area contributed by atoms with Crippen molar-refractivity contribution in [3.63, 3.8) is 0 Å². The molecule has 1 N–H and O–H groups in total. The normalized spacial score (nSPS) is 13.1. The lowest BCUT2D eigenvalue weighted by molar-refractivity contribution is 0.180. The minimum absolute atomic E-state index is 0.0219. The number of hydrogen-bond donors (Lipinski definition) is 1. The molecule has 1 atom stereocenters. The largest absolute Gasteiger partial charge is 0.378 e. The van der Waals surface area contributed by atoms with Gasteiger partial charge in [-0.1, -0.05) is 6.92 Å². The molecule has 0 bridgehead atoms. The summed E-state index contributed by atoms with van der Waals surface area (Å²) in [5.41, 5.74) is 0.768. The van der Waals surface area contributed by atoms with Crippen molar-refractivity contribution in [2.24, 2.45) is 0 Å². The molecule has 1 unspecified atom stereocenters. The van der Waals surface area contributed by atoms with Crippen LogP contribution in [-0.2, 0) is 11.3 Å². The van der Waals surface area contributed by atoms with E-state index in [4.69, 9.17) is 4.74 Å². The quantitative estimate of drug-likeness (QED) is 0.903. The molecule has 80 valence electrons. The maximum Gasteiger partial charge on any atom is 0.281 e. The Balaban J connectivity index is 3.08. The minimum atomic E-state index is -0.0219. The van der Waals surface area contributed by atoms with Crippen LogP contribution in [0.2, 0.25) is 0 Å². The first-order valence-electron chi connectivity index (χ1n) is 4.59. The van der Waals surface area contributed by atoms with E-state index in [9.17, 15) is 4.79 Å². The lowest BCUT2D eigenvalue weighted by atomic mass is 10.3. The third kappa shape index (κ3) is 2.09. The van der Waals surface area contributed by atoms with Crippen molar-refractivity contribution >= 4 is 15.9 Å². The Morgan fingerprint density at radius 2 is 2.29 bits per heavy atom. The van der Waals surface area contributed by atoms with Gasteiger partial charge in [-0.3, -0.25) is 9.89 Å². The van der Waals surface area contributed by atoms with Crippen LogP contribution in [0.15, 0.2) is 9.27 Å². The average Bonchev–Trinajstić information content (AvgIpc) is 2.46. The number of nitrogens with one attached hydrogen (secondary N) is 1. The molecule has 0 amide bonds. The molecule has 1 heterocycles. The van der Waals surface area contributed by atoms with Gasteiger partial charge in [-0.05, 0) is 29.3 Å². The van der Waals surface area contributed by atoms with Gasteiger partial charge in [0.25, 0.3) is 5.56 Å². The van der Waals surface area contributed by atoms with Crippen LogP contribution in [0.5, 0.6) is 0 Å². The zero-order valence-electron chi connectivity index (χ0n) is 8.63. The number of aromatic nitrogens is 2. The summed E-state index contributed by atoms with van der Waals surface area (Å²) in [6, 6.07) is 0.185. The highest BCUT2D eigenvalue weighted by Crippen LogP contribution is 2.14. The van der Waals surface area contributed by atoms with E-state index >= 15 is 0 Å². The van der Waals surface area contributed by atoms with Crippen LogP contribution >= 0.6 is 15.9 Å². The third-order valence-corrected chi connectivity index (χ3v) is 3.07. The van der Waals surface area contributed by atoms with E-state index in [0.29, 0.717) is 11.1 Å². The molecule has 0 fully saturated rings. The zero-order valence-corrected chi connectivity index (χ0v) is 10.2. The van der Waals surface area contributed by atoms with Crippen molar-refractivity contribution < 1.29 is 4.74 Å². The molecule has 14 heavy (non-hydrogen) atoms. The molecule has 0 aliphatic heterocycles. The summed E-state index contributed by atoms with van der Waals surface area (Å²) in [7, 11) is 1.60. The van der Waals surface area contributed by atoms with Gasteiger partial charge in [0.15, 0.2) is 0 Å². The van der Waals surface area contributed by atoms with Gasteiger partial charge in [0.2, 0.25) is 0 Å². The molecule has 0 saturated heterocycles. The summed E-state index contributed by atoms with van der Waals surface area (Å²) in [4.78, 5) is 11.7. The Labute approximate surface area is 91.4 Å². The Morgan fingerprint density at radius 3 is 2.79 bits per heavy atom. The van der Waals surface area contributed by atoms with Gasteiger partial charge < -0.3 is 4.74 Å². The van der Waals surface area contributed by atoms with Crippen molar-refractivity contribution in [2.75, 3.05) is 7.11 Å². The molecule has 4 nitrogen and oxygen atoms in total. The summed E-state index contributed by atoms with van der Waals surface area (Å²) < 4.78 is 7.17. The van der Waals surface area contributed by atoms with Gasteiger partial charge in [0.1, 0.15) is 4.47 Å². The summed E-state index contributed by atoms with van der Waals surface area (Å²) in [5.74, 6) is 0. The summed E-state index contributed by atoms with van der Waals surface area (Å²) >= 11 is 3.25. The van der Waals surface area contributed by atoms with E-state index in [0.717, 1.165) is 12.1 Å². The number of hydrogen-bond acceptors (Lipinski definition) is 2. The lowest BCUT2D eigenvalue weighted by Crippen LogP contribution is -2.20. The van der Waals surface area contributed by atoms with Crippen LogP contribution in [0.1, 0.15) is 32.0 Å². The van der Waals surface area contributed by atoms with E-state index in [2.05, 4.69) is 21.0 Å². The molecule has 0 spiro atoms. The predicted octanol–water partition coefficient (Wildman–Crippen LogP) is 2.06. The first-order chi connectivity index (χ1) is 6.61. The molecule has 0 radical (unpaired) electrons. The van der Waals surface area contributed by atoms with Gasteiger partial charge in [0.05, 0.1) is 18.3 Å². The van der Waals surface area contributed by atoms with E-state index in [-0.39, 0.29) is 11.6 Å². The molecule has 5 heteroatoms. The van der Waals surface area contributed by atoms with Crippen molar-refractivity contribution in [3.05, 3.63) is 20.5 Å². The number of aromatic amines is 1. The third-order valence-electron chi connectivity index (χ3n) is 2.25. The molecule has 1 aromatic rings. The average molecular weight is 263 g/mol. The van der Waals surface area contributed by atoms with Crippen molar-refractivity contribution in [2.45, 2.75) is 32.9 Å². The lowest BCUT2D eigenvalue weighted by Gasteiger charge is -2.08. The molecule has 0 aliphatic carbocycles. The molecule has 0 aromatic carbocycles. The Bertz CT molecular complexity index is 356. The highest BCUT2D eigenvalue weighted by molar-refractivity contribution is 9.10. The maximum atomic E-state index is 11.7. The van der Waals surface area contributed by atoms with E-state index in [1.165, 1.54) is 0 Å². The fourth-order valence-corrected chi connectivity index (χ4v) is 1.61. The topological polar surface area (TPSA) is 47.0 Å². The number of rotatable bonds is 4. The zero-order chi connectivity index (χ0) is 10.7. The van der Waals surface area contributed by atoms with Crippen LogP contribution in [0.3, 0.4) is 0 Å². The summed E-state index contributed by atoms with van der Waals surface area (Å²) in [5, 5.41) is 3.03. The fraction of sp³-hybridized carbons (Fsp3) is 0.667. The predicted molar refractivity (Wildman–Crippen MR) is 58.5 cm³/mol. The Kier molecular flexibility index (Phi) is 3.95. The Hall–Kier alpha value is -0.550. The second-order valence-electron chi connectivity index (χ2n) is 3.27. The number of methoxy groups -OCH3 is 1. The number of nitrogens with zero attached hydrogens (tertiary/aromatic N) is 1. The van der Waals surface area contributed by atoms with E-state index in [1.54, 1.807) is 11.8 Å². The van der Waals surface area contributed by atoms with Crippen LogP contribution in [-0.4, -0.2) is 16.9 Å².